The molecule has 0 aromatic carbocycles. The maximum absolute atomic E-state index is 12.5. The first-order chi connectivity index (χ1) is 8.88. The number of cyclic esters (lactones) is 1. The van der Waals surface area contributed by atoms with Crippen molar-refractivity contribution < 1.29 is 19.4 Å². The molecule has 0 aromatic heterocycles. The van der Waals surface area contributed by atoms with Gasteiger partial charge in [-0.3, -0.25) is 9.59 Å². The number of aliphatic hydroxyl groups is 1. The topological polar surface area (TPSA) is 63.6 Å². The molecule has 0 aromatic rings. The molecule has 1 aliphatic heterocycles. The summed E-state index contributed by atoms with van der Waals surface area (Å²) in [7, 11) is 0. The van der Waals surface area contributed by atoms with Crippen LogP contribution in [0.2, 0.25) is 0 Å². The van der Waals surface area contributed by atoms with E-state index in [-0.39, 0.29) is 34.4 Å². The molecule has 5 atom stereocenters. The van der Waals surface area contributed by atoms with Crippen LogP contribution in [-0.2, 0) is 14.3 Å². The Morgan fingerprint density at radius 2 is 1.84 bits per heavy atom. The van der Waals surface area contributed by atoms with E-state index in [0.29, 0.717) is 13.0 Å². The number of ketones is 1. The second-order valence-electron chi connectivity index (χ2n) is 7.06. The monoisotopic (exact) mass is 266 g/mol. The van der Waals surface area contributed by atoms with Gasteiger partial charge in [-0.15, -0.1) is 0 Å². The van der Waals surface area contributed by atoms with Crippen LogP contribution < -0.4 is 0 Å². The van der Waals surface area contributed by atoms with Crippen molar-refractivity contribution in [1.82, 2.24) is 0 Å². The number of rotatable bonds is 0. The van der Waals surface area contributed by atoms with E-state index in [9.17, 15) is 14.7 Å². The molecule has 106 valence electrons. The number of fused-ring (bicyclic) bond motifs is 3. The second kappa shape index (κ2) is 4.05. The van der Waals surface area contributed by atoms with Gasteiger partial charge in [0.05, 0.1) is 12.5 Å². The summed E-state index contributed by atoms with van der Waals surface area (Å²) in [6.45, 7) is 4.61. The smallest absolute Gasteiger partial charge is 0.309 e. The average molecular weight is 266 g/mol. The van der Waals surface area contributed by atoms with Gasteiger partial charge in [0.1, 0.15) is 6.10 Å². The first-order valence-electron chi connectivity index (χ1n) is 7.27. The standard InChI is InChI=1S/C15H22O4/c1-14-5-3-9-13(18)19-8-7-15(9,2)12(14)11(17)10(16)4-6-14/h9-10,12,16H,3-8H2,1-2H3. The Kier molecular flexibility index (Phi) is 2.79. The van der Waals surface area contributed by atoms with E-state index in [2.05, 4.69) is 13.8 Å². The predicted octanol–water partition coefficient (Wildman–Crippen LogP) is 1.70. The molecule has 2 aliphatic carbocycles. The summed E-state index contributed by atoms with van der Waals surface area (Å²) in [5, 5.41) is 9.94. The molecule has 0 radical (unpaired) electrons. The Hall–Kier alpha value is -0.900. The predicted molar refractivity (Wildman–Crippen MR) is 68.3 cm³/mol. The van der Waals surface area contributed by atoms with Crippen LogP contribution in [0.3, 0.4) is 0 Å². The van der Waals surface area contributed by atoms with Crippen molar-refractivity contribution >= 4 is 11.8 Å². The third-order valence-corrected chi connectivity index (χ3v) is 5.93. The van der Waals surface area contributed by atoms with E-state index in [1.165, 1.54) is 0 Å². The van der Waals surface area contributed by atoms with Gasteiger partial charge < -0.3 is 9.84 Å². The fraction of sp³-hybridized carbons (Fsp3) is 0.867. The van der Waals surface area contributed by atoms with E-state index in [4.69, 9.17) is 4.74 Å². The van der Waals surface area contributed by atoms with Crippen molar-refractivity contribution in [2.75, 3.05) is 6.61 Å². The normalized spacial score (nSPS) is 50.2. The maximum Gasteiger partial charge on any atom is 0.309 e. The fourth-order valence-electron chi connectivity index (χ4n) is 4.86. The van der Waals surface area contributed by atoms with Gasteiger partial charge in [-0.1, -0.05) is 13.8 Å². The van der Waals surface area contributed by atoms with Crippen molar-refractivity contribution in [2.45, 2.75) is 52.1 Å². The highest BCUT2D eigenvalue weighted by molar-refractivity contribution is 5.89. The highest BCUT2D eigenvalue weighted by Gasteiger charge is 2.62. The third-order valence-electron chi connectivity index (χ3n) is 5.93. The molecule has 5 unspecified atom stereocenters. The summed E-state index contributed by atoms with van der Waals surface area (Å²) in [5.74, 6) is -0.566. The zero-order valence-corrected chi connectivity index (χ0v) is 11.6. The molecule has 4 nitrogen and oxygen atoms in total. The number of Topliss-reactive ketones (excluding diaryl/α,β-unsaturated/α-hetero) is 1. The van der Waals surface area contributed by atoms with E-state index in [0.717, 1.165) is 25.7 Å². The van der Waals surface area contributed by atoms with Crippen LogP contribution in [0.25, 0.3) is 0 Å². The van der Waals surface area contributed by atoms with Gasteiger partial charge in [-0.25, -0.2) is 0 Å². The first-order valence-corrected chi connectivity index (χ1v) is 7.27. The summed E-state index contributed by atoms with van der Waals surface area (Å²) in [6, 6.07) is 0. The quantitative estimate of drug-likeness (QED) is 0.678. The first kappa shape index (κ1) is 13.1. The molecule has 1 heterocycles. The lowest BCUT2D eigenvalue weighted by atomic mass is 9.46. The van der Waals surface area contributed by atoms with Crippen LogP contribution in [0.1, 0.15) is 46.0 Å². The zero-order chi connectivity index (χ0) is 13.8. The number of carbonyl (C=O) groups excluding carboxylic acids is 2. The molecule has 0 bridgehead atoms. The molecule has 4 heteroatoms. The number of carbonyl (C=O) groups is 2. The lowest BCUT2D eigenvalue weighted by Gasteiger charge is -2.58. The number of hydrogen-bond acceptors (Lipinski definition) is 4. The van der Waals surface area contributed by atoms with Gasteiger partial charge in [0.25, 0.3) is 0 Å². The molecule has 1 saturated heterocycles. The lowest BCUT2D eigenvalue weighted by Crippen LogP contribution is -2.60. The minimum atomic E-state index is -0.841. The summed E-state index contributed by atoms with van der Waals surface area (Å²) < 4.78 is 5.17. The Labute approximate surface area is 113 Å². The number of aliphatic hydroxyl groups excluding tert-OH is 1. The summed E-state index contributed by atoms with van der Waals surface area (Å²) in [4.78, 5) is 24.5. The molecule has 0 spiro atoms. The van der Waals surface area contributed by atoms with Crippen LogP contribution in [0, 0.1) is 22.7 Å². The van der Waals surface area contributed by atoms with E-state index in [1.807, 2.05) is 0 Å². The SMILES string of the molecule is CC12CCC(O)C(=O)C1C1(C)CCOC(=O)C1CC2. The van der Waals surface area contributed by atoms with Gasteiger partial charge in [0, 0.05) is 5.92 Å². The fourth-order valence-corrected chi connectivity index (χ4v) is 4.86. The molecule has 2 saturated carbocycles. The van der Waals surface area contributed by atoms with E-state index >= 15 is 0 Å². The van der Waals surface area contributed by atoms with Crippen molar-refractivity contribution in [2.24, 2.45) is 22.7 Å². The summed E-state index contributed by atoms with van der Waals surface area (Å²) in [6.07, 6.45) is 3.03. The Balaban J connectivity index is 2.03. The number of ether oxygens (including phenoxy) is 1. The lowest BCUT2D eigenvalue weighted by molar-refractivity contribution is -0.188. The van der Waals surface area contributed by atoms with Crippen LogP contribution in [0.15, 0.2) is 0 Å². The van der Waals surface area contributed by atoms with Crippen molar-refractivity contribution in [3.8, 4) is 0 Å². The zero-order valence-electron chi connectivity index (χ0n) is 11.6. The minimum absolute atomic E-state index is 0.0457. The summed E-state index contributed by atoms with van der Waals surface area (Å²) in [5.41, 5.74) is -0.389. The van der Waals surface area contributed by atoms with Gasteiger partial charge in [-0.05, 0) is 42.9 Å². The van der Waals surface area contributed by atoms with Crippen LogP contribution in [-0.4, -0.2) is 29.6 Å². The molecular weight excluding hydrogens is 244 g/mol. The van der Waals surface area contributed by atoms with Gasteiger partial charge >= 0.3 is 5.97 Å². The largest absolute Gasteiger partial charge is 0.465 e. The number of esters is 1. The number of hydrogen-bond donors (Lipinski definition) is 1. The Bertz CT molecular complexity index is 432. The van der Waals surface area contributed by atoms with Crippen molar-refractivity contribution in [3.63, 3.8) is 0 Å². The average Bonchev–Trinajstić information content (AvgIpc) is 2.33. The molecule has 3 fully saturated rings. The van der Waals surface area contributed by atoms with Gasteiger partial charge in [-0.2, -0.15) is 0 Å². The molecular formula is C15H22O4. The van der Waals surface area contributed by atoms with E-state index < -0.39 is 6.10 Å². The van der Waals surface area contributed by atoms with Crippen molar-refractivity contribution in [3.05, 3.63) is 0 Å². The van der Waals surface area contributed by atoms with E-state index in [1.54, 1.807) is 0 Å². The van der Waals surface area contributed by atoms with Gasteiger partial charge in [0.15, 0.2) is 5.78 Å². The Morgan fingerprint density at radius 1 is 1.16 bits per heavy atom. The Morgan fingerprint density at radius 3 is 2.58 bits per heavy atom. The molecule has 0 amide bonds. The van der Waals surface area contributed by atoms with Crippen LogP contribution in [0.5, 0.6) is 0 Å². The summed E-state index contributed by atoms with van der Waals surface area (Å²) >= 11 is 0. The maximum atomic E-state index is 12.5. The van der Waals surface area contributed by atoms with Crippen molar-refractivity contribution in [1.29, 1.82) is 0 Å². The minimum Gasteiger partial charge on any atom is -0.465 e. The second-order valence-corrected chi connectivity index (χ2v) is 7.06. The highest BCUT2D eigenvalue weighted by atomic mass is 16.5. The third kappa shape index (κ3) is 1.69. The van der Waals surface area contributed by atoms with Crippen LogP contribution in [0.4, 0.5) is 0 Å². The van der Waals surface area contributed by atoms with Crippen LogP contribution >= 0.6 is 0 Å². The molecule has 3 rings (SSSR count). The van der Waals surface area contributed by atoms with Gasteiger partial charge in [0.2, 0.25) is 0 Å². The molecule has 19 heavy (non-hydrogen) atoms. The highest BCUT2D eigenvalue weighted by Crippen LogP contribution is 2.61. The molecule has 3 aliphatic rings. The molecule has 1 N–H and O–H groups in total.